The van der Waals surface area contributed by atoms with Crippen molar-refractivity contribution in [1.82, 2.24) is 0 Å². The lowest BCUT2D eigenvalue weighted by atomic mass is 10.1. The van der Waals surface area contributed by atoms with E-state index in [0.29, 0.717) is 0 Å². The van der Waals surface area contributed by atoms with E-state index in [1.807, 2.05) is 6.92 Å². The molecule has 1 aliphatic rings. The van der Waals surface area contributed by atoms with Gasteiger partial charge in [-0.05, 0) is 48.0 Å². The Balaban J connectivity index is 2.74. The first kappa shape index (κ1) is 22.4. The lowest BCUT2D eigenvalue weighted by Crippen LogP contribution is -2.43. The lowest BCUT2D eigenvalue weighted by Gasteiger charge is -2.23. The number of unbranched alkanes of at least 4 members (excludes halogenated alkanes) is 1. The Morgan fingerprint density at radius 3 is 2.12 bits per heavy atom. The van der Waals surface area contributed by atoms with Gasteiger partial charge in [-0.2, -0.15) is 0 Å². The third-order valence-electron chi connectivity index (χ3n) is 3.33. The molecule has 0 aromatic rings. The number of carbonyl (C=O) groups is 3. The van der Waals surface area contributed by atoms with E-state index < -0.39 is 47.6 Å². The van der Waals surface area contributed by atoms with Crippen molar-refractivity contribution in [2.45, 2.75) is 91.0 Å². The topological polar surface area (TPSA) is 97.4 Å². The second-order valence-electron chi connectivity index (χ2n) is 7.61. The molecule has 0 unspecified atom stereocenters. The first-order valence-electron chi connectivity index (χ1n) is 8.82. The minimum Gasteiger partial charge on any atom is -0.463 e. The molecule has 1 saturated heterocycles. The van der Waals surface area contributed by atoms with Crippen molar-refractivity contribution in [2.24, 2.45) is 0 Å². The molecule has 0 radical (unpaired) electrons. The second kappa shape index (κ2) is 8.81. The second-order valence-corrected chi connectivity index (χ2v) is 7.61. The Morgan fingerprint density at radius 2 is 1.62 bits per heavy atom. The van der Waals surface area contributed by atoms with Gasteiger partial charge in [0.2, 0.25) is 0 Å². The lowest BCUT2D eigenvalue weighted by molar-refractivity contribution is -0.181. The summed E-state index contributed by atoms with van der Waals surface area (Å²) in [5.74, 6) is -3.44. The van der Waals surface area contributed by atoms with E-state index in [1.165, 1.54) is 6.92 Å². The van der Waals surface area contributed by atoms with Crippen LogP contribution in [0.1, 0.15) is 61.3 Å². The molecule has 1 aliphatic heterocycles. The number of carbonyl (C=O) groups excluding carboxylic acids is 3. The molecule has 0 N–H and O–H groups in total. The Morgan fingerprint density at radius 1 is 1.08 bits per heavy atom. The highest BCUT2D eigenvalue weighted by Gasteiger charge is 2.51. The van der Waals surface area contributed by atoms with Crippen LogP contribution in [0.4, 0.5) is 0 Å². The van der Waals surface area contributed by atoms with Crippen molar-refractivity contribution in [3.05, 3.63) is 0 Å². The monoisotopic (exact) mass is 374 g/mol. The van der Waals surface area contributed by atoms with Crippen LogP contribution < -0.4 is 0 Å². The van der Waals surface area contributed by atoms with Gasteiger partial charge in [0.05, 0.1) is 6.61 Å². The molecule has 0 aliphatic carbocycles. The molecule has 0 aromatic carbocycles. The Bertz CT molecular complexity index is 520. The maximum absolute atomic E-state index is 12.4. The summed E-state index contributed by atoms with van der Waals surface area (Å²) in [6.07, 6.45) is -2.13. The van der Waals surface area contributed by atoms with Crippen molar-refractivity contribution >= 4 is 17.9 Å². The average molecular weight is 374 g/mol. The molecule has 1 heterocycles. The first-order chi connectivity index (χ1) is 11.9. The zero-order chi connectivity index (χ0) is 20.1. The van der Waals surface area contributed by atoms with Crippen molar-refractivity contribution in [3.8, 4) is 0 Å². The average Bonchev–Trinajstić information content (AvgIpc) is 2.81. The van der Waals surface area contributed by atoms with Crippen LogP contribution in [-0.2, 0) is 38.1 Å². The molecule has 0 saturated carbocycles. The summed E-state index contributed by atoms with van der Waals surface area (Å²) >= 11 is 0. The van der Waals surface area contributed by atoms with Gasteiger partial charge in [-0.3, -0.25) is 0 Å². The quantitative estimate of drug-likeness (QED) is 0.380. The summed E-state index contributed by atoms with van der Waals surface area (Å²) in [4.78, 5) is 36.6. The molecule has 1 rings (SSSR count). The van der Waals surface area contributed by atoms with Crippen LogP contribution in [0.5, 0.6) is 0 Å². The minimum atomic E-state index is -1.33. The van der Waals surface area contributed by atoms with Crippen LogP contribution in [-0.4, -0.2) is 54.2 Å². The molecule has 26 heavy (non-hydrogen) atoms. The molecule has 0 spiro atoms. The van der Waals surface area contributed by atoms with Crippen molar-refractivity contribution in [3.63, 3.8) is 0 Å². The first-order valence-corrected chi connectivity index (χ1v) is 8.82. The van der Waals surface area contributed by atoms with Crippen LogP contribution in [0.2, 0.25) is 0 Å². The largest absolute Gasteiger partial charge is 0.463 e. The van der Waals surface area contributed by atoms with Crippen molar-refractivity contribution < 1.29 is 38.1 Å². The fourth-order valence-electron chi connectivity index (χ4n) is 2.19. The minimum absolute atomic E-state index is 0.258. The molecule has 150 valence electrons. The van der Waals surface area contributed by atoms with E-state index in [0.717, 1.165) is 12.8 Å². The highest BCUT2D eigenvalue weighted by Crippen LogP contribution is 2.30. The zero-order valence-corrected chi connectivity index (χ0v) is 16.6. The Kier molecular flexibility index (Phi) is 7.58. The van der Waals surface area contributed by atoms with Gasteiger partial charge in [-0.15, -0.1) is 0 Å². The Hall–Kier alpha value is -1.67. The Labute approximate surface area is 154 Å². The van der Waals surface area contributed by atoms with E-state index in [9.17, 15) is 14.4 Å². The molecule has 0 aromatic heterocycles. The molecular weight excluding hydrogens is 344 g/mol. The number of hydrogen-bond donors (Lipinski definition) is 0. The number of ether oxygens (including phenoxy) is 5. The molecule has 8 nitrogen and oxygen atoms in total. The fraction of sp³-hybridized carbons (Fsp3) is 0.833. The highest BCUT2D eigenvalue weighted by atomic mass is 16.8. The summed E-state index contributed by atoms with van der Waals surface area (Å²) in [5, 5.41) is 0. The van der Waals surface area contributed by atoms with Crippen molar-refractivity contribution in [2.75, 3.05) is 6.61 Å². The molecule has 8 heteroatoms. The predicted molar refractivity (Wildman–Crippen MR) is 91.1 cm³/mol. The van der Waals surface area contributed by atoms with Gasteiger partial charge >= 0.3 is 17.9 Å². The van der Waals surface area contributed by atoms with E-state index in [2.05, 4.69) is 0 Å². The molecule has 3 atom stereocenters. The number of rotatable bonds is 7. The van der Waals surface area contributed by atoms with Crippen LogP contribution in [0.3, 0.4) is 0 Å². The van der Waals surface area contributed by atoms with Crippen LogP contribution >= 0.6 is 0 Å². The van der Waals surface area contributed by atoms with Gasteiger partial charge in [0, 0.05) is 0 Å². The highest BCUT2D eigenvalue weighted by molar-refractivity contribution is 5.88. The summed E-state index contributed by atoms with van der Waals surface area (Å²) in [5.41, 5.74) is -0.752. The number of esters is 3. The maximum Gasteiger partial charge on any atom is 0.347 e. The van der Waals surface area contributed by atoms with Crippen molar-refractivity contribution in [1.29, 1.82) is 0 Å². The predicted octanol–water partition coefficient (Wildman–Crippen LogP) is 2.12. The van der Waals surface area contributed by atoms with E-state index in [4.69, 9.17) is 23.7 Å². The molecular formula is C18H30O8. The van der Waals surface area contributed by atoms with E-state index in [-0.39, 0.29) is 6.61 Å². The van der Waals surface area contributed by atoms with Gasteiger partial charge in [0.25, 0.3) is 0 Å². The van der Waals surface area contributed by atoms with Crippen LogP contribution in [0.25, 0.3) is 0 Å². The SMILES string of the molecule is CCCCOC(=O)[C@H](C)OC(=O)[C@@H]1OC(C)(C)O[C@H]1C(=O)OC(C)(C)C. The summed E-state index contributed by atoms with van der Waals surface area (Å²) in [7, 11) is 0. The summed E-state index contributed by atoms with van der Waals surface area (Å²) < 4.78 is 26.4. The van der Waals surface area contributed by atoms with Gasteiger partial charge in [-0.1, -0.05) is 13.3 Å². The van der Waals surface area contributed by atoms with Crippen LogP contribution in [0, 0.1) is 0 Å². The van der Waals surface area contributed by atoms with Gasteiger partial charge in [0.15, 0.2) is 24.1 Å². The van der Waals surface area contributed by atoms with E-state index >= 15 is 0 Å². The smallest absolute Gasteiger partial charge is 0.347 e. The standard InChI is InChI=1S/C18H30O8/c1-8-9-10-22-14(19)11(2)23-15(20)12-13(25-18(6,7)24-12)16(21)26-17(3,4)5/h11-13H,8-10H2,1-7H3/t11-,12+,13+/m0/s1. The summed E-state index contributed by atoms with van der Waals surface area (Å²) in [6, 6.07) is 0. The third-order valence-corrected chi connectivity index (χ3v) is 3.33. The molecule has 0 amide bonds. The zero-order valence-electron chi connectivity index (χ0n) is 16.6. The van der Waals surface area contributed by atoms with Gasteiger partial charge < -0.3 is 23.7 Å². The van der Waals surface area contributed by atoms with Crippen LogP contribution in [0.15, 0.2) is 0 Å². The molecule has 0 bridgehead atoms. The van der Waals surface area contributed by atoms with Gasteiger partial charge in [0.1, 0.15) is 5.60 Å². The fourth-order valence-corrected chi connectivity index (χ4v) is 2.19. The normalized spacial score (nSPS) is 23.2. The van der Waals surface area contributed by atoms with Gasteiger partial charge in [-0.25, -0.2) is 14.4 Å². The maximum atomic E-state index is 12.4. The van der Waals surface area contributed by atoms with E-state index in [1.54, 1.807) is 34.6 Å². The third kappa shape index (κ3) is 6.92. The number of hydrogen-bond acceptors (Lipinski definition) is 8. The molecule has 1 fully saturated rings. The summed E-state index contributed by atoms with van der Waals surface area (Å²) in [6.45, 7) is 11.9.